The summed E-state index contributed by atoms with van der Waals surface area (Å²) < 4.78 is 10.7. The van der Waals surface area contributed by atoms with Gasteiger partial charge in [-0.25, -0.2) is 0 Å². The Labute approximate surface area is 184 Å². The summed E-state index contributed by atoms with van der Waals surface area (Å²) in [6.45, 7) is 9.48. The van der Waals surface area contributed by atoms with Crippen molar-refractivity contribution in [2.45, 2.75) is 39.5 Å². The fourth-order valence-corrected chi connectivity index (χ4v) is 3.86. The first kappa shape index (κ1) is 23.1. The highest BCUT2D eigenvalue weighted by molar-refractivity contribution is 5.79. The molecule has 2 aromatic rings. The van der Waals surface area contributed by atoms with Gasteiger partial charge in [-0.2, -0.15) is 4.98 Å². The average molecular weight is 430 g/mol. The molecular weight excluding hydrogens is 394 g/mol. The number of carbonyl (C=O) groups excluding carboxylic acids is 1. The minimum absolute atomic E-state index is 0.0594. The van der Waals surface area contributed by atoms with E-state index in [-0.39, 0.29) is 11.8 Å². The van der Waals surface area contributed by atoms with Crippen LogP contribution in [0, 0.1) is 5.92 Å². The number of unbranched alkanes of at least 4 members (excludes halogenated alkanes) is 1. The lowest BCUT2D eigenvalue weighted by molar-refractivity contribution is -0.125. The molecule has 0 radical (unpaired) electrons. The van der Waals surface area contributed by atoms with Crippen LogP contribution in [0.25, 0.3) is 11.4 Å². The van der Waals surface area contributed by atoms with E-state index in [1.807, 2.05) is 29.2 Å². The van der Waals surface area contributed by atoms with Crippen molar-refractivity contribution in [3.63, 3.8) is 0 Å². The molecule has 1 N–H and O–H groups in total. The van der Waals surface area contributed by atoms with E-state index in [2.05, 4.69) is 34.2 Å². The van der Waals surface area contributed by atoms with Gasteiger partial charge in [-0.1, -0.05) is 25.4 Å². The smallest absolute Gasteiger partial charge is 0.324 e. The third kappa shape index (κ3) is 6.43. The van der Waals surface area contributed by atoms with Crippen LogP contribution in [0.2, 0.25) is 0 Å². The highest BCUT2D eigenvalue weighted by atomic mass is 16.5. The monoisotopic (exact) mass is 429 g/mol. The molecule has 8 heteroatoms. The van der Waals surface area contributed by atoms with Crippen molar-refractivity contribution in [2.75, 3.05) is 51.3 Å². The number of aromatic nitrogens is 2. The topological polar surface area (TPSA) is 83.7 Å². The zero-order valence-electron chi connectivity index (χ0n) is 19.0. The van der Waals surface area contributed by atoms with Crippen LogP contribution in [0.5, 0.6) is 5.75 Å². The number of hydrogen-bond acceptors (Lipinski definition) is 7. The number of benzene rings is 1. The lowest BCUT2D eigenvalue weighted by Crippen LogP contribution is -2.45. The minimum Gasteiger partial charge on any atom is -0.497 e. The Kier molecular flexibility index (Phi) is 8.70. The minimum atomic E-state index is -0.0594. The van der Waals surface area contributed by atoms with E-state index in [4.69, 9.17) is 9.26 Å². The molecule has 170 valence electrons. The van der Waals surface area contributed by atoms with Crippen LogP contribution in [-0.2, 0) is 4.79 Å². The van der Waals surface area contributed by atoms with E-state index in [1.165, 1.54) is 12.8 Å². The van der Waals surface area contributed by atoms with Crippen molar-refractivity contribution in [1.82, 2.24) is 20.4 Å². The molecule has 1 saturated heterocycles. The molecule has 0 spiro atoms. The van der Waals surface area contributed by atoms with Crippen molar-refractivity contribution in [1.29, 1.82) is 0 Å². The summed E-state index contributed by atoms with van der Waals surface area (Å²) in [6, 6.07) is 8.02. The van der Waals surface area contributed by atoms with Crippen LogP contribution in [-0.4, -0.2) is 67.3 Å². The maximum absolute atomic E-state index is 12.7. The van der Waals surface area contributed by atoms with Crippen molar-refractivity contribution in [3.8, 4) is 17.1 Å². The Morgan fingerprint density at radius 3 is 2.81 bits per heavy atom. The van der Waals surface area contributed by atoms with Crippen molar-refractivity contribution in [3.05, 3.63) is 24.3 Å². The molecule has 1 aromatic heterocycles. The van der Waals surface area contributed by atoms with Gasteiger partial charge in [0.1, 0.15) is 5.75 Å². The van der Waals surface area contributed by atoms with Gasteiger partial charge in [-0.15, -0.1) is 0 Å². The van der Waals surface area contributed by atoms with E-state index < -0.39 is 0 Å². The fraction of sp³-hybridized carbons (Fsp3) is 0.609. The van der Waals surface area contributed by atoms with Gasteiger partial charge in [0.15, 0.2) is 0 Å². The molecule has 0 unspecified atom stereocenters. The highest BCUT2D eigenvalue weighted by Crippen LogP contribution is 2.25. The van der Waals surface area contributed by atoms with Gasteiger partial charge in [-0.05, 0) is 56.6 Å². The van der Waals surface area contributed by atoms with Crippen LogP contribution in [0.15, 0.2) is 28.8 Å². The molecule has 8 nitrogen and oxygen atoms in total. The molecule has 2 heterocycles. The molecule has 0 saturated carbocycles. The van der Waals surface area contributed by atoms with Gasteiger partial charge in [0.2, 0.25) is 11.7 Å². The quantitative estimate of drug-likeness (QED) is 0.587. The molecule has 3 rings (SSSR count). The summed E-state index contributed by atoms with van der Waals surface area (Å²) >= 11 is 0. The number of anilines is 1. The Morgan fingerprint density at radius 1 is 1.29 bits per heavy atom. The van der Waals surface area contributed by atoms with Crippen molar-refractivity contribution < 1.29 is 14.1 Å². The standard InChI is InChI=1S/C23H35N5O3/c1-4-6-14-27(5-2)16-13-24-22(29)19-8-7-15-28(17-19)23-25-21(26-31-23)18-9-11-20(30-3)12-10-18/h9-12,19H,4-8,13-17H2,1-3H3,(H,24,29)/t19-/m0/s1. The van der Waals surface area contributed by atoms with Crippen LogP contribution in [0.3, 0.4) is 0 Å². The van der Waals surface area contributed by atoms with Gasteiger partial charge in [-0.3, -0.25) is 4.79 Å². The normalized spacial score (nSPS) is 16.5. The lowest BCUT2D eigenvalue weighted by Gasteiger charge is -2.30. The Balaban J connectivity index is 1.52. The van der Waals surface area contributed by atoms with E-state index in [0.717, 1.165) is 50.3 Å². The molecule has 31 heavy (non-hydrogen) atoms. The average Bonchev–Trinajstić information content (AvgIpc) is 3.31. The number of hydrogen-bond donors (Lipinski definition) is 1. The number of amides is 1. The molecular formula is C23H35N5O3. The largest absolute Gasteiger partial charge is 0.497 e. The Morgan fingerprint density at radius 2 is 2.10 bits per heavy atom. The maximum atomic E-state index is 12.7. The van der Waals surface area contributed by atoms with Crippen LogP contribution < -0.4 is 15.0 Å². The summed E-state index contributed by atoms with van der Waals surface area (Å²) in [5.74, 6) is 1.38. The summed E-state index contributed by atoms with van der Waals surface area (Å²) in [5.41, 5.74) is 0.866. The van der Waals surface area contributed by atoms with E-state index in [1.54, 1.807) is 7.11 Å². The molecule has 1 atom stereocenters. The lowest BCUT2D eigenvalue weighted by atomic mass is 9.97. The van der Waals surface area contributed by atoms with Gasteiger partial charge in [0, 0.05) is 31.7 Å². The van der Waals surface area contributed by atoms with Gasteiger partial charge in [0.25, 0.3) is 0 Å². The first-order chi connectivity index (χ1) is 15.1. The van der Waals surface area contributed by atoms with Crippen molar-refractivity contribution >= 4 is 11.9 Å². The van der Waals surface area contributed by atoms with Crippen LogP contribution in [0.1, 0.15) is 39.5 Å². The molecule has 1 fully saturated rings. The third-order valence-electron chi connectivity index (χ3n) is 5.83. The van der Waals surface area contributed by atoms with E-state index in [0.29, 0.717) is 24.9 Å². The molecule has 0 aliphatic carbocycles. The summed E-state index contributed by atoms with van der Waals surface area (Å²) in [6.07, 6.45) is 4.20. The zero-order valence-corrected chi connectivity index (χ0v) is 19.0. The number of nitrogens with one attached hydrogen (secondary N) is 1. The number of nitrogens with zero attached hydrogens (tertiary/aromatic N) is 4. The summed E-state index contributed by atoms with van der Waals surface area (Å²) in [5, 5.41) is 7.24. The third-order valence-corrected chi connectivity index (χ3v) is 5.83. The number of likely N-dealkylation sites (N-methyl/N-ethyl adjacent to an activating group) is 1. The molecule has 0 bridgehead atoms. The molecule has 1 aromatic carbocycles. The van der Waals surface area contributed by atoms with E-state index in [9.17, 15) is 4.79 Å². The second-order valence-electron chi connectivity index (χ2n) is 7.99. The van der Waals surface area contributed by atoms with Gasteiger partial charge >= 0.3 is 6.01 Å². The molecule has 1 aliphatic rings. The maximum Gasteiger partial charge on any atom is 0.324 e. The second kappa shape index (κ2) is 11.7. The van der Waals surface area contributed by atoms with Crippen LogP contribution in [0.4, 0.5) is 6.01 Å². The predicted octanol–water partition coefficient (Wildman–Crippen LogP) is 3.20. The first-order valence-electron chi connectivity index (χ1n) is 11.4. The number of piperidine rings is 1. The fourth-order valence-electron chi connectivity index (χ4n) is 3.86. The number of ether oxygens (including phenoxy) is 1. The van der Waals surface area contributed by atoms with Crippen molar-refractivity contribution in [2.24, 2.45) is 5.92 Å². The molecule has 1 aliphatic heterocycles. The molecule has 1 amide bonds. The van der Waals surface area contributed by atoms with Gasteiger partial charge < -0.3 is 24.4 Å². The Hall–Kier alpha value is -2.61. The number of rotatable bonds is 11. The van der Waals surface area contributed by atoms with Gasteiger partial charge in [0.05, 0.1) is 13.0 Å². The predicted molar refractivity (Wildman–Crippen MR) is 121 cm³/mol. The summed E-state index contributed by atoms with van der Waals surface area (Å²) in [7, 11) is 1.64. The highest BCUT2D eigenvalue weighted by Gasteiger charge is 2.28. The number of methoxy groups -OCH3 is 1. The second-order valence-corrected chi connectivity index (χ2v) is 7.99. The summed E-state index contributed by atoms with van der Waals surface area (Å²) in [4.78, 5) is 21.7. The van der Waals surface area contributed by atoms with Crippen LogP contribution >= 0.6 is 0 Å². The number of carbonyl (C=O) groups is 1. The van der Waals surface area contributed by atoms with E-state index >= 15 is 0 Å². The SMILES string of the molecule is CCCCN(CC)CCNC(=O)[C@H]1CCCN(c2nc(-c3ccc(OC)cc3)no2)C1. The Bertz CT molecular complexity index is 808. The zero-order chi connectivity index (χ0) is 22.1. The first-order valence-corrected chi connectivity index (χ1v) is 11.4.